The summed E-state index contributed by atoms with van der Waals surface area (Å²) in [5.74, 6) is -4.66. The molecule has 1 aliphatic heterocycles. The Labute approximate surface area is 187 Å². The molecule has 10 nitrogen and oxygen atoms in total. The summed E-state index contributed by atoms with van der Waals surface area (Å²) in [6, 6.07) is 0.495. The van der Waals surface area contributed by atoms with Gasteiger partial charge in [-0.2, -0.15) is 0 Å². The fourth-order valence-electron chi connectivity index (χ4n) is 3.22. The number of rotatable bonds is 8. The Kier molecular flexibility index (Phi) is 7.29. The van der Waals surface area contributed by atoms with E-state index in [1.54, 1.807) is 0 Å². The zero-order valence-electron chi connectivity index (χ0n) is 17.1. The van der Waals surface area contributed by atoms with E-state index in [1.165, 1.54) is 7.05 Å². The number of carbonyl (C=O) groups is 5. The van der Waals surface area contributed by atoms with Crippen LogP contribution in [0.15, 0.2) is 12.1 Å². The Balaban J connectivity index is 1.82. The Morgan fingerprint density at radius 1 is 1.25 bits per heavy atom. The van der Waals surface area contributed by atoms with Crippen LogP contribution in [0.25, 0.3) is 0 Å². The lowest BCUT2D eigenvalue weighted by atomic mass is 9.95. The normalized spacial score (nSPS) is 18.3. The summed E-state index contributed by atoms with van der Waals surface area (Å²) in [6.45, 7) is 0.415. The largest absolute Gasteiger partial charge is 0.446 e. The predicted octanol–water partition coefficient (Wildman–Crippen LogP) is 1.13. The molecule has 172 valence electrons. The van der Waals surface area contributed by atoms with Crippen molar-refractivity contribution >= 4 is 46.9 Å². The molecule has 1 saturated heterocycles. The van der Waals surface area contributed by atoms with Crippen molar-refractivity contribution in [2.75, 3.05) is 18.9 Å². The minimum Gasteiger partial charge on any atom is -0.446 e. The number of Topliss-reactive ketones (excluding diaryl/α,β-unsaturated/α-hetero) is 1. The molecule has 2 fully saturated rings. The maximum absolute atomic E-state index is 14.1. The molecule has 2 atom stereocenters. The van der Waals surface area contributed by atoms with Crippen molar-refractivity contribution in [1.82, 2.24) is 16.0 Å². The maximum atomic E-state index is 14.1. The van der Waals surface area contributed by atoms with Gasteiger partial charge in [0.1, 0.15) is 11.9 Å². The highest BCUT2D eigenvalue weighted by atomic mass is 35.5. The number of nitrogens with one attached hydrogen (secondary N) is 4. The first-order valence-corrected chi connectivity index (χ1v) is 10.4. The van der Waals surface area contributed by atoms with Crippen LogP contribution in [0, 0.1) is 11.7 Å². The van der Waals surface area contributed by atoms with E-state index < -0.39 is 41.5 Å². The number of hydrogen-bond acceptors (Lipinski definition) is 6. The predicted molar refractivity (Wildman–Crippen MR) is 111 cm³/mol. The fraction of sp³-hybridized carbons (Fsp3) is 0.450. The lowest BCUT2D eigenvalue weighted by molar-refractivity contribution is -0.139. The summed E-state index contributed by atoms with van der Waals surface area (Å²) in [7, 11) is 1.25. The molecule has 1 aromatic carbocycles. The summed E-state index contributed by atoms with van der Waals surface area (Å²) in [5, 5.41) is 9.18. The molecule has 4 amide bonds. The van der Waals surface area contributed by atoms with Gasteiger partial charge in [0.2, 0.25) is 11.7 Å². The molecular formula is C20H22ClFN4O6. The van der Waals surface area contributed by atoms with E-state index in [4.69, 9.17) is 16.3 Å². The van der Waals surface area contributed by atoms with Crippen LogP contribution in [0.2, 0.25) is 5.02 Å². The number of likely N-dealkylation sites (N-methyl/N-ethyl adjacent to an activating group) is 1. The molecule has 0 bridgehead atoms. The quantitative estimate of drug-likeness (QED) is 0.421. The highest BCUT2D eigenvalue weighted by Gasteiger charge is 2.34. The molecule has 12 heteroatoms. The van der Waals surface area contributed by atoms with Gasteiger partial charge >= 0.3 is 6.09 Å². The molecule has 2 unspecified atom stereocenters. The molecule has 1 saturated carbocycles. The summed E-state index contributed by atoms with van der Waals surface area (Å²) in [4.78, 5) is 61.2. The number of anilines is 1. The van der Waals surface area contributed by atoms with Gasteiger partial charge in [-0.3, -0.25) is 24.5 Å². The molecular weight excluding hydrogens is 447 g/mol. The van der Waals surface area contributed by atoms with Crippen LogP contribution in [0.1, 0.15) is 36.0 Å². The van der Waals surface area contributed by atoms with Crippen molar-refractivity contribution in [3.05, 3.63) is 28.5 Å². The third kappa shape index (κ3) is 5.72. The van der Waals surface area contributed by atoms with Gasteiger partial charge in [-0.25, -0.2) is 9.18 Å². The van der Waals surface area contributed by atoms with E-state index in [1.807, 2.05) is 0 Å². The average molecular weight is 469 g/mol. The zero-order valence-corrected chi connectivity index (χ0v) is 17.9. The van der Waals surface area contributed by atoms with Crippen LogP contribution < -0.4 is 21.3 Å². The zero-order chi connectivity index (χ0) is 23.4. The van der Waals surface area contributed by atoms with Gasteiger partial charge in [0.25, 0.3) is 11.8 Å². The van der Waals surface area contributed by atoms with Gasteiger partial charge in [0, 0.05) is 19.5 Å². The number of amides is 4. The van der Waals surface area contributed by atoms with Gasteiger partial charge in [-0.05, 0) is 37.8 Å². The maximum Gasteiger partial charge on any atom is 0.411 e. The molecule has 1 heterocycles. The van der Waals surface area contributed by atoms with E-state index in [2.05, 4.69) is 21.3 Å². The van der Waals surface area contributed by atoms with Gasteiger partial charge in [-0.15, -0.1) is 0 Å². The van der Waals surface area contributed by atoms with E-state index in [-0.39, 0.29) is 34.7 Å². The molecule has 1 aromatic rings. The highest BCUT2D eigenvalue weighted by molar-refractivity contribution is 6.38. The second-order valence-corrected chi connectivity index (χ2v) is 7.93. The number of carbonyl (C=O) groups excluding carboxylic acids is 5. The van der Waals surface area contributed by atoms with Crippen LogP contribution in [0.3, 0.4) is 0 Å². The Morgan fingerprint density at radius 2 is 1.97 bits per heavy atom. The number of ether oxygens (including phenoxy) is 1. The highest BCUT2D eigenvalue weighted by Crippen LogP contribution is 2.27. The molecule has 2 aliphatic rings. The minimum absolute atomic E-state index is 0.119. The van der Waals surface area contributed by atoms with E-state index in [9.17, 15) is 28.4 Å². The topological polar surface area (TPSA) is 143 Å². The van der Waals surface area contributed by atoms with Gasteiger partial charge in [0.05, 0.1) is 22.3 Å². The molecule has 0 spiro atoms. The van der Waals surface area contributed by atoms with E-state index in [0.717, 1.165) is 25.0 Å². The standard InChI is InChI=1S/C20H22ClFN4O6/c1-23-19(30)16(27)15(6-9-4-5-24-17(9)28)25-18(29)11-7-13(22)12(21)8-14(11)26-20(31)32-10-2-3-10/h7-10,15H,2-6H2,1H3,(H,23,30)(H,24,28)(H,25,29)(H,26,31). The Morgan fingerprint density at radius 3 is 2.56 bits per heavy atom. The first-order valence-electron chi connectivity index (χ1n) is 10.0. The van der Waals surface area contributed by atoms with Crippen molar-refractivity contribution < 1.29 is 33.1 Å². The summed E-state index contributed by atoms with van der Waals surface area (Å²) >= 11 is 5.79. The van der Waals surface area contributed by atoms with Crippen LogP contribution in [0.4, 0.5) is 14.9 Å². The van der Waals surface area contributed by atoms with E-state index >= 15 is 0 Å². The Bertz CT molecular complexity index is 968. The lowest BCUT2D eigenvalue weighted by Gasteiger charge is -2.20. The second kappa shape index (κ2) is 9.94. The molecule has 0 aromatic heterocycles. The minimum atomic E-state index is -1.35. The molecule has 32 heavy (non-hydrogen) atoms. The summed E-state index contributed by atoms with van der Waals surface area (Å²) in [5.41, 5.74) is -0.463. The lowest BCUT2D eigenvalue weighted by Crippen LogP contribution is -2.48. The van der Waals surface area contributed by atoms with E-state index in [0.29, 0.717) is 13.0 Å². The van der Waals surface area contributed by atoms with Crippen molar-refractivity contribution in [3.63, 3.8) is 0 Å². The number of halogens is 2. The van der Waals surface area contributed by atoms with Crippen molar-refractivity contribution in [2.45, 2.75) is 37.8 Å². The van der Waals surface area contributed by atoms with Crippen LogP contribution in [0.5, 0.6) is 0 Å². The summed E-state index contributed by atoms with van der Waals surface area (Å²) in [6.07, 6.45) is 0.708. The molecule has 1 aliphatic carbocycles. The van der Waals surface area contributed by atoms with Gasteiger partial charge < -0.3 is 20.7 Å². The first kappa shape index (κ1) is 23.5. The molecule has 0 radical (unpaired) electrons. The van der Waals surface area contributed by atoms with Crippen LogP contribution in [-0.4, -0.2) is 55.3 Å². The first-order chi connectivity index (χ1) is 15.2. The summed E-state index contributed by atoms with van der Waals surface area (Å²) < 4.78 is 19.2. The smallest absolute Gasteiger partial charge is 0.411 e. The van der Waals surface area contributed by atoms with Crippen molar-refractivity contribution in [2.24, 2.45) is 5.92 Å². The third-order valence-corrected chi connectivity index (χ3v) is 5.39. The number of benzene rings is 1. The van der Waals surface area contributed by atoms with Crippen LogP contribution >= 0.6 is 11.6 Å². The number of hydrogen-bond donors (Lipinski definition) is 4. The van der Waals surface area contributed by atoms with Crippen molar-refractivity contribution in [1.29, 1.82) is 0 Å². The average Bonchev–Trinajstić information content (AvgIpc) is 3.47. The second-order valence-electron chi connectivity index (χ2n) is 7.52. The SMILES string of the molecule is CNC(=O)C(=O)C(CC1CCNC1=O)NC(=O)c1cc(F)c(Cl)cc1NC(=O)OC1CC1. The third-order valence-electron chi connectivity index (χ3n) is 5.10. The van der Waals surface area contributed by atoms with Crippen LogP contribution in [-0.2, 0) is 19.1 Å². The van der Waals surface area contributed by atoms with Crippen molar-refractivity contribution in [3.8, 4) is 0 Å². The van der Waals surface area contributed by atoms with Gasteiger partial charge in [0.15, 0.2) is 0 Å². The fourth-order valence-corrected chi connectivity index (χ4v) is 3.38. The molecule has 4 N–H and O–H groups in total. The Hall–Kier alpha value is -3.21. The number of ketones is 1. The molecule has 3 rings (SSSR count). The monoisotopic (exact) mass is 468 g/mol. The van der Waals surface area contributed by atoms with Gasteiger partial charge in [-0.1, -0.05) is 11.6 Å².